The van der Waals surface area contributed by atoms with Gasteiger partial charge in [0.15, 0.2) is 0 Å². The number of halogens is 1. The van der Waals surface area contributed by atoms with E-state index in [1.54, 1.807) is 49.4 Å². The molecule has 1 aliphatic rings. The quantitative estimate of drug-likeness (QED) is 0.653. The molecule has 0 bridgehead atoms. The van der Waals surface area contributed by atoms with Gasteiger partial charge in [0.25, 0.3) is 5.91 Å². The normalized spacial score (nSPS) is 18.0. The second-order valence-corrected chi connectivity index (χ2v) is 7.64. The second kappa shape index (κ2) is 8.20. The summed E-state index contributed by atoms with van der Waals surface area (Å²) in [4.78, 5) is 28.2. The van der Waals surface area contributed by atoms with Gasteiger partial charge in [0.1, 0.15) is 5.75 Å². The van der Waals surface area contributed by atoms with Crippen LogP contribution in [0.1, 0.15) is 33.4 Å². The monoisotopic (exact) mass is 420 g/mol. The Balaban J connectivity index is 1.79. The van der Waals surface area contributed by atoms with Crippen molar-refractivity contribution in [2.45, 2.75) is 12.0 Å². The van der Waals surface area contributed by atoms with E-state index in [4.69, 9.17) is 16.3 Å². The predicted molar refractivity (Wildman–Crippen MR) is 117 cm³/mol. The number of nitrogens with one attached hydrogen (secondary N) is 1. The van der Waals surface area contributed by atoms with Crippen LogP contribution in [0.25, 0.3) is 0 Å². The lowest BCUT2D eigenvalue weighted by Gasteiger charge is -2.39. The van der Waals surface area contributed by atoms with Crippen LogP contribution < -0.4 is 10.1 Å². The molecule has 0 aromatic heterocycles. The molecule has 4 rings (SSSR count). The van der Waals surface area contributed by atoms with E-state index >= 15 is 0 Å². The number of ether oxygens (including phenoxy) is 1. The van der Waals surface area contributed by atoms with Gasteiger partial charge in [-0.05, 0) is 47.5 Å². The molecule has 0 fully saturated rings. The Morgan fingerprint density at radius 3 is 2.47 bits per heavy atom. The lowest BCUT2D eigenvalue weighted by atomic mass is 9.79. The first-order valence-electron chi connectivity index (χ1n) is 9.56. The first-order valence-corrected chi connectivity index (χ1v) is 9.94. The summed E-state index contributed by atoms with van der Waals surface area (Å²) in [7, 11) is 3.33. The molecule has 0 saturated carbocycles. The molecule has 2 amide bonds. The Labute approximate surface area is 180 Å². The Hall–Kier alpha value is -3.31. The van der Waals surface area contributed by atoms with Gasteiger partial charge in [0, 0.05) is 23.3 Å². The van der Waals surface area contributed by atoms with Crippen LogP contribution in [0, 0.1) is 0 Å². The van der Waals surface area contributed by atoms with Crippen molar-refractivity contribution < 1.29 is 14.3 Å². The van der Waals surface area contributed by atoms with Crippen LogP contribution in [0.4, 0.5) is 5.69 Å². The molecule has 152 valence electrons. The van der Waals surface area contributed by atoms with E-state index in [9.17, 15) is 9.59 Å². The van der Waals surface area contributed by atoms with Crippen LogP contribution in [0.2, 0.25) is 5.02 Å². The van der Waals surface area contributed by atoms with Crippen LogP contribution in [0.3, 0.4) is 0 Å². The number of hydrogen-bond acceptors (Lipinski definition) is 3. The van der Waals surface area contributed by atoms with Gasteiger partial charge in [0.2, 0.25) is 5.91 Å². The smallest absolute Gasteiger partial charge is 0.254 e. The highest BCUT2D eigenvalue weighted by Crippen LogP contribution is 2.42. The fraction of sp³-hybridized carbons (Fsp3) is 0.167. The molecule has 5 nitrogen and oxygen atoms in total. The highest BCUT2D eigenvalue weighted by Gasteiger charge is 2.42. The van der Waals surface area contributed by atoms with Gasteiger partial charge < -0.3 is 15.0 Å². The van der Waals surface area contributed by atoms with Crippen molar-refractivity contribution in [3.05, 3.63) is 94.5 Å². The largest absolute Gasteiger partial charge is 0.497 e. The van der Waals surface area contributed by atoms with E-state index in [0.717, 1.165) is 5.56 Å². The van der Waals surface area contributed by atoms with Crippen LogP contribution >= 0.6 is 11.6 Å². The van der Waals surface area contributed by atoms with Crippen molar-refractivity contribution in [3.8, 4) is 5.75 Å². The fourth-order valence-corrected chi connectivity index (χ4v) is 4.15. The molecular formula is C24H21ClN2O3. The van der Waals surface area contributed by atoms with Crippen LogP contribution in [-0.4, -0.2) is 30.9 Å². The zero-order chi connectivity index (χ0) is 21.3. The molecule has 3 aromatic rings. The SMILES string of the molecule is COc1ccc([C@H]2[C@@H](C(=O)Nc3cccc(Cl)c3)c3ccccc3C(=O)N2C)cc1. The van der Waals surface area contributed by atoms with Crippen molar-refractivity contribution in [1.29, 1.82) is 0 Å². The highest BCUT2D eigenvalue weighted by atomic mass is 35.5. The van der Waals surface area contributed by atoms with Gasteiger partial charge in [-0.1, -0.05) is 48.0 Å². The van der Waals surface area contributed by atoms with Crippen LogP contribution in [-0.2, 0) is 4.79 Å². The van der Waals surface area contributed by atoms with Crippen molar-refractivity contribution >= 4 is 29.1 Å². The van der Waals surface area contributed by atoms with Gasteiger partial charge in [0.05, 0.1) is 19.1 Å². The number of carbonyl (C=O) groups excluding carboxylic acids is 2. The Morgan fingerprint density at radius 2 is 1.77 bits per heavy atom. The number of amides is 2. The second-order valence-electron chi connectivity index (χ2n) is 7.20. The number of nitrogens with zero attached hydrogens (tertiary/aromatic N) is 1. The summed E-state index contributed by atoms with van der Waals surface area (Å²) in [6.07, 6.45) is 0. The number of anilines is 1. The average molecular weight is 421 g/mol. The van der Waals surface area contributed by atoms with Gasteiger partial charge in [-0.2, -0.15) is 0 Å². The number of likely N-dealkylation sites (N-methyl/N-ethyl adjacent to an activating group) is 1. The van der Waals surface area contributed by atoms with Crippen molar-refractivity contribution in [2.75, 3.05) is 19.5 Å². The lowest BCUT2D eigenvalue weighted by Crippen LogP contribution is -2.44. The first-order chi connectivity index (χ1) is 14.5. The molecular weight excluding hydrogens is 400 g/mol. The van der Waals surface area contributed by atoms with Gasteiger partial charge >= 0.3 is 0 Å². The third kappa shape index (κ3) is 3.64. The summed E-state index contributed by atoms with van der Waals surface area (Å²) in [5.41, 5.74) is 2.71. The fourth-order valence-electron chi connectivity index (χ4n) is 3.96. The van der Waals surface area contributed by atoms with E-state index in [0.29, 0.717) is 27.6 Å². The summed E-state index contributed by atoms with van der Waals surface area (Å²) in [6, 6.07) is 21.3. The van der Waals surface area contributed by atoms with Gasteiger partial charge in [-0.25, -0.2) is 0 Å². The molecule has 0 aliphatic carbocycles. The molecule has 0 radical (unpaired) electrons. The number of fused-ring (bicyclic) bond motifs is 1. The molecule has 1 aliphatic heterocycles. The molecule has 1 N–H and O–H groups in total. The summed E-state index contributed by atoms with van der Waals surface area (Å²) in [5, 5.41) is 3.50. The number of rotatable bonds is 4. The Bertz CT molecular complexity index is 1100. The minimum absolute atomic E-state index is 0.113. The first kappa shape index (κ1) is 20.0. The maximum absolute atomic E-state index is 13.5. The topological polar surface area (TPSA) is 58.6 Å². The van der Waals surface area contributed by atoms with E-state index in [-0.39, 0.29) is 11.8 Å². The molecule has 0 unspecified atom stereocenters. The van der Waals surface area contributed by atoms with Crippen LogP contribution in [0.15, 0.2) is 72.8 Å². The number of methoxy groups -OCH3 is 1. The van der Waals surface area contributed by atoms with Gasteiger partial charge in [-0.15, -0.1) is 0 Å². The maximum Gasteiger partial charge on any atom is 0.254 e. The van der Waals surface area contributed by atoms with Gasteiger partial charge in [-0.3, -0.25) is 9.59 Å². The minimum atomic E-state index is -0.587. The summed E-state index contributed by atoms with van der Waals surface area (Å²) < 4.78 is 5.25. The number of hydrogen-bond donors (Lipinski definition) is 1. The molecule has 6 heteroatoms. The zero-order valence-electron chi connectivity index (χ0n) is 16.6. The van der Waals surface area contributed by atoms with Crippen molar-refractivity contribution in [3.63, 3.8) is 0 Å². The molecule has 2 atom stereocenters. The molecule has 30 heavy (non-hydrogen) atoms. The average Bonchev–Trinajstić information content (AvgIpc) is 2.76. The molecule has 3 aromatic carbocycles. The minimum Gasteiger partial charge on any atom is -0.497 e. The number of benzene rings is 3. The third-order valence-electron chi connectivity index (χ3n) is 5.41. The Kier molecular flexibility index (Phi) is 5.46. The van der Waals surface area contributed by atoms with Crippen LogP contribution in [0.5, 0.6) is 5.75 Å². The summed E-state index contributed by atoms with van der Waals surface area (Å²) >= 11 is 6.07. The zero-order valence-corrected chi connectivity index (χ0v) is 17.4. The summed E-state index contributed by atoms with van der Waals surface area (Å²) in [6.45, 7) is 0. The molecule has 1 heterocycles. The van der Waals surface area contributed by atoms with E-state index in [2.05, 4.69) is 5.32 Å². The standard InChI is InChI=1S/C24H21ClN2O3/c1-27-22(15-10-12-18(30-2)13-11-15)21(19-8-3-4-9-20(19)24(27)29)23(28)26-17-7-5-6-16(25)14-17/h3-14,21-22H,1-2H3,(H,26,28)/t21-,22-/m0/s1. The highest BCUT2D eigenvalue weighted by molar-refractivity contribution is 6.30. The lowest BCUT2D eigenvalue weighted by molar-refractivity contribution is -0.119. The summed E-state index contributed by atoms with van der Waals surface area (Å²) in [5.74, 6) is -0.191. The number of carbonyl (C=O) groups is 2. The maximum atomic E-state index is 13.5. The third-order valence-corrected chi connectivity index (χ3v) is 5.65. The van der Waals surface area contributed by atoms with E-state index in [1.807, 2.05) is 42.5 Å². The predicted octanol–water partition coefficient (Wildman–Crippen LogP) is 4.90. The van der Waals surface area contributed by atoms with Crippen molar-refractivity contribution in [2.24, 2.45) is 0 Å². The van der Waals surface area contributed by atoms with E-state index in [1.165, 1.54) is 0 Å². The Morgan fingerprint density at radius 1 is 1.03 bits per heavy atom. The van der Waals surface area contributed by atoms with Crippen molar-refractivity contribution in [1.82, 2.24) is 4.90 Å². The van der Waals surface area contributed by atoms with E-state index < -0.39 is 12.0 Å². The molecule has 0 saturated heterocycles. The molecule has 0 spiro atoms.